The van der Waals surface area contributed by atoms with E-state index in [1.807, 2.05) is 22.6 Å². The highest BCUT2D eigenvalue weighted by Gasteiger charge is 2.08. The highest BCUT2D eigenvalue weighted by molar-refractivity contribution is 6.30. The van der Waals surface area contributed by atoms with Crippen LogP contribution in [0, 0.1) is 5.82 Å². The van der Waals surface area contributed by atoms with Gasteiger partial charge in [-0.2, -0.15) is 0 Å². The largest absolute Gasteiger partial charge is 0.302 e. The minimum absolute atomic E-state index is 0.212. The second kappa shape index (κ2) is 4.42. The minimum atomic E-state index is -0.212. The molecule has 2 aromatic heterocycles. The second-order valence-electron chi connectivity index (χ2n) is 4.08. The van der Waals surface area contributed by atoms with Crippen LogP contribution in [0.4, 0.5) is 4.39 Å². The maximum absolute atomic E-state index is 13.6. The van der Waals surface area contributed by atoms with E-state index in [-0.39, 0.29) is 5.82 Å². The van der Waals surface area contributed by atoms with Gasteiger partial charge in [0, 0.05) is 12.6 Å². The smallest absolute Gasteiger partial charge is 0.126 e. The normalized spacial score (nSPS) is 11.0. The number of nitrogens with zero attached hydrogens (tertiary/aromatic N) is 2. The van der Waals surface area contributed by atoms with E-state index in [0.717, 1.165) is 11.3 Å². The number of pyridine rings is 1. The molecule has 0 aliphatic rings. The van der Waals surface area contributed by atoms with Crippen LogP contribution in [-0.4, -0.2) is 9.38 Å². The van der Waals surface area contributed by atoms with Gasteiger partial charge in [0.25, 0.3) is 0 Å². The van der Waals surface area contributed by atoms with Gasteiger partial charge in [-0.25, -0.2) is 9.37 Å². The number of aromatic nitrogens is 2. The number of imidazole rings is 1. The number of rotatable bonds is 2. The van der Waals surface area contributed by atoms with Crippen LogP contribution in [-0.2, 0) is 6.42 Å². The van der Waals surface area contributed by atoms with Gasteiger partial charge in [-0.15, -0.1) is 0 Å². The molecule has 0 saturated carbocycles. The zero-order valence-electron chi connectivity index (χ0n) is 9.48. The van der Waals surface area contributed by atoms with Gasteiger partial charge in [0.2, 0.25) is 0 Å². The molecule has 0 radical (unpaired) electrons. The highest BCUT2D eigenvalue weighted by atomic mass is 35.5. The molecular formula is C14H10ClFN2. The van der Waals surface area contributed by atoms with Gasteiger partial charge in [0.05, 0.1) is 16.7 Å². The van der Waals surface area contributed by atoms with Crippen molar-refractivity contribution in [2.75, 3.05) is 0 Å². The molecule has 0 saturated heterocycles. The van der Waals surface area contributed by atoms with E-state index < -0.39 is 0 Å². The molecule has 0 bridgehead atoms. The minimum Gasteiger partial charge on any atom is -0.302 e. The standard InChI is InChI=1S/C14H10ClFN2/c15-11-5-6-12-8-17-14(18(12)9-11)7-10-3-1-2-4-13(10)16/h1-6,8-9H,7H2. The molecule has 0 aliphatic heterocycles. The van der Waals surface area contributed by atoms with Crippen LogP contribution in [0.5, 0.6) is 0 Å². The summed E-state index contributed by atoms with van der Waals surface area (Å²) in [4.78, 5) is 4.31. The molecule has 0 amide bonds. The van der Waals surface area contributed by atoms with Crippen LogP contribution >= 0.6 is 11.6 Å². The molecule has 18 heavy (non-hydrogen) atoms. The Balaban J connectivity index is 2.05. The molecule has 2 heterocycles. The summed E-state index contributed by atoms with van der Waals surface area (Å²) in [6.45, 7) is 0. The van der Waals surface area contributed by atoms with Gasteiger partial charge >= 0.3 is 0 Å². The van der Waals surface area contributed by atoms with E-state index in [9.17, 15) is 4.39 Å². The zero-order valence-corrected chi connectivity index (χ0v) is 10.2. The van der Waals surface area contributed by atoms with E-state index in [1.165, 1.54) is 6.07 Å². The van der Waals surface area contributed by atoms with E-state index >= 15 is 0 Å². The van der Waals surface area contributed by atoms with Crippen molar-refractivity contribution in [2.24, 2.45) is 0 Å². The maximum atomic E-state index is 13.6. The number of fused-ring (bicyclic) bond motifs is 1. The topological polar surface area (TPSA) is 17.3 Å². The van der Waals surface area contributed by atoms with Crippen LogP contribution in [0.25, 0.3) is 5.52 Å². The summed E-state index contributed by atoms with van der Waals surface area (Å²) in [7, 11) is 0. The van der Waals surface area contributed by atoms with Crippen LogP contribution in [0.15, 0.2) is 48.8 Å². The Hall–Kier alpha value is -1.87. The monoisotopic (exact) mass is 260 g/mol. The number of hydrogen-bond donors (Lipinski definition) is 0. The van der Waals surface area contributed by atoms with Crippen molar-refractivity contribution < 1.29 is 4.39 Å². The van der Waals surface area contributed by atoms with Crippen LogP contribution < -0.4 is 0 Å². The summed E-state index contributed by atoms with van der Waals surface area (Å²) in [5.74, 6) is 0.564. The first-order valence-corrected chi connectivity index (χ1v) is 5.97. The molecule has 0 fully saturated rings. The first-order chi connectivity index (χ1) is 8.74. The first-order valence-electron chi connectivity index (χ1n) is 5.59. The Bertz CT molecular complexity index is 706. The highest BCUT2D eigenvalue weighted by Crippen LogP contribution is 2.17. The Morgan fingerprint density at radius 1 is 1.17 bits per heavy atom. The Kier molecular flexibility index (Phi) is 2.76. The lowest BCUT2D eigenvalue weighted by Crippen LogP contribution is -1.98. The molecule has 4 heteroatoms. The van der Waals surface area contributed by atoms with Crippen molar-refractivity contribution in [1.82, 2.24) is 9.38 Å². The summed E-state index contributed by atoms with van der Waals surface area (Å²) in [5, 5.41) is 0.635. The lowest BCUT2D eigenvalue weighted by atomic mass is 10.1. The zero-order chi connectivity index (χ0) is 12.5. The van der Waals surface area contributed by atoms with Crippen LogP contribution in [0.2, 0.25) is 5.02 Å². The van der Waals surface area contributed by atoms with Gasteiger partial charge < -0.3 is 4.40 Å². The predicted octanol–water partition coefficient (Wildman–Crippen LogP) is 3.72. The van der Waals surface area contributed by atoms with Gasteiger partial charge in [-0.05, 0) is 23.8 Å². The van der Waals surface area contributed by atoms with Gasteiger partial charge in [-0.3, -0.25) is 0 Å². The summed E-state index contributed by atoms with van der Waals surface area (Å²) in [5.41, 5.74) is 1.58. The molecular weight excluding hydrogens is 251 g/mol. The van der Waals surface area contributed by atoms with Gasteiger partial charge in [0.15, 0.2) is 0 Å². The fourth-order valence-corrected chi connectivity index (χ4v) is 2.12. The Morgan fingerprint density at radius 2 is 2.00 bits per heavy atom. The number of hydrogen-bond acceptors (Lipinski definition) is 1. The molecule has 1 aromatic carbocycles. The maximum Gasteiger partial charge on any atom is 0.126 e. The van der Waals surface area contributed by atoms with E-state index in [1.54, 1.807) is 24.5 Å². The molecule has 2 nitrogen and oxygen atoms in total. The fourth-order valence-electron chi connectivity index (χ4n) is 1.96. The third-order valence-electron chi connectivity index (χ3n) is 2.87. The van der Waals surface area contributed by atoms with Crippen LogP contribution in [0.3, 0.4) is 0 Å². The summed E-state index contributed by atoms with van der Waals surface area (Å²) < 4.78 is 15.5. The number of benzene rings is 1. The van der Waals surface area contributed by atoms with Crippen molar-refractivity contribution >= 4 is 17.1 Å². The van der Waals surface area contributed by atoms with Crippen molar-refractivity contribution in [3.8, 4) is 0 Å². The van der Waals surface area contributed by atoms with Crippen molar-refractivity contribution in [1.29, 1.82) is 0 Å². The fraction of sp³-hybridized carbons (Fsp3) is 0.0714. The molecule has 90 valence electrons. The summed E-state index contributed by atoms with van der Waals surface area (Å²) in [6.07, 6.45) is 3.99. The molecule has 3 rings (SSSR count). The third-order valence-corrected chi connectivity index (χ3v) is 3.10. The van der Waals surface area contributed by atoms with Crippen molar-refractivity contribution in [3.63, 3.8) is 0 Å². The lowest BCUT2D eigenvalue weighted by Gasteiger charge is -2.03. The first kappa shape index (κ1) is 11.2. The summed E-state index contributed by atoms with van der Waals surface area (Å²) >= 11 is 5.96. The average molecular weight is 261 g/mol. The van der Waals surface area contributed by atoms with E-state index in [2.05, 4.69) is 4.98 Å². The van der Waals surface area contributed by atoms with Gasteiger partial charge in [-0.1, -0.05) is 29.8 Å². The predicted molar refractivity (Wildman–Crippen MR) is 69.4 cm³/mol. The molecule has 0 spiro atoms. The Labute approximate surface area is 109 Å². The Morgan fingerprint density at radius 3 is 2.83 bits per heavy atom. The van der Waals surface area contributed by atoms with E-state index in [4.69, 9.17) is 11.6 Å². The van der Waals surface area contributed by atoms with Crippen molar-refractivity contribution in [2.45, 2.75) is 6.42 Å². The summed E-state index contributed by atoms with van der Waals surface area (Å²) in [6, 6.07) is 10.4. The molecule has 0 aliphatic carbocycles. The molecule has 0 N–H and O–H groups in total. The molecule has 0 unspecified atom stereocenters. The SMILES string of the molecule is Fc1ccccc1Cc1ncc2ccc(Cl)cn12. The molecule has 0 atom stereocenters. The average Bonchev–Trinajstić information content (AvgIpc) is 2.75. The lowest BCUT2D eigenvalue weighted by molar-refractivity contribution is 0.612. The second-order valence-corrected chi connectivity index (χ2v) is 4.52. The quantitative estimate of drug-likeness (QED) is 0.686. The van der Waals surface area contributed by atoms with Crippen LogP contribution in [0.1, 0.15) is 11.4 Å². The molecule has 3 aromatic rings. The third kappa shape index (κ3) is 1.97. The van der Waals surface area contributed by atoms with Gasteiger partial charge in [0.1, 0.15) is 11.6 Å². The number of halogens is 2. The van der Waals surface area contributed by atoms with Crippen molar-refractivity contribution in [3.05, 3.63) is 71.0 Å². The van der Waals surface area contributed by atoms with E-state index in [0.29, 0.717) is 17.0 Å².